The molecule has 6 aromatic carbocycles. The largest absolute Gasteiger partial charge is 0.455 e. The van der Waals surface area contributed by atoms with Gasteiger partial charge in [0.15, 0.2) is 28.9 Å². The summed E-state index contributed by atoms with van der Waals surface area (Å²) in [6.07, 6.45) is 6.22. The highest BCUT2D eigenvalue weighted by Crippen LogP contribution is 2.47. The number of allylic oxidation sites excluding steroid dienone is 1. The Balaban J connectivity index is 1.19. The van der Waals surface area contributed by atoms with Gasteiger partial charge in [-0.25, -0.2) is 0 Å². The number of pyridine rings is 1. The number of aryl methyl sites for hydroxylation is 1. The van der Waals surface area contributed by atoms with Gasteiger partial charge in [0.05, 0.1) is 14.5 Å². The molecule has 2 aliphatic heterocycles. The van der Waals surface area contributed by atoms with Gasteiger partial charge in [0.1, 0.15) is 22.5 Å². The summed E-state index contributed by atoms with van der Waals surface area (Å²) in [5.41, 5.74) is 15.7. The monoisotopic (exact) mass is 769 g/mol. The molecule has 58 heavy (non-hydrogen) atoms. The molecule has 5 heteroatoms. The summed E-state index contributed by atoms with van der Waals surface area (Å²) < 4.78 is 14.6. The Hall–Kier alpha value is -6.30. The van der Waals surface area contributed by atoms with E-state index < -0.39 is 8.07 Å². The lowest BCUT2D eigenvalue weighted by atomic mass is 9.77. The molecule has 282 valence electrons. The Kier molecular flexibility index (Phi) is 8.06. The van der Waals surface area contributed by atoms with E-state index in [2.05, 4.69) is 191 Å². The Morgan fingerprint density at radius 1 is 0.759 bits per heavy atom. The number of benzene rings is 6. The molecule has 9 aromatic rings. The van der Waals surface area contributed by atoms with Crippen LogP contribution < -0.4 is 14.3 Å². The van der Waals surface area contributed by atoms with Gasteiger partial charge in [0, 0.05) is 33.5 Å². The Labute approximate surface area is 341 Å². The molecule has 0 aliphatic carbocycles. The first-order chi connectivity index (χ1) is 28.3. The number of imidazole rings is 1. The van der Waals surface area contributed by atoms with Crippen molar-refractivity contribution in [2.75, 3.05) is 0 Å². The van der Waals surface area contributed by atoms with Crippen LogP contribution >= 0.6 is 0 Å². The van der Waals surface area contributed by atoms with Crippen LogP contribution in [0, 0.1) is 0 Å². The first kappa shape index (κ1) is 34.9. The molecule has 0 saturated carbocycles. The summed E-state index contributed by atoms with van der Waals surface area (Å²) in [5.74, 6) is 1.38. The van der Waals surface area contributed by atoms with E-state index in [0.717, 1.165) is 81.4 Å². The molecule has 0 N–H and O–H groups in total. The molecule has 0 fully saturated rings. The second-order valence-corrected chi connectivity index (χ2v) is 22.4. The van der Waals surface area contributed by atoms with Gasteiger partial charge in [-0.15, -0.1) is 0 Å². The number of fused-ring (bicyclic) bond motifs is 15. The third kappa shape index (κ3) is 5.48. The zero-order chi connectivity index (χ0) is 39.1. The maximum atomic E-state index is 6.95. The van der Waals surface area contributed by atoms with Crippen LogP contribution in [0.15, 0.2) is 169 Å². The molecule has 2 atom stereocenters. The SMILES string of the molecule is C=C1CC2C(CCc3ccc4c(oc5ccccc54)c3-c3n(-c4ccccc4)c4ccccc4[n+]31)c1ccccc1-c1cc(Cc3ccccc3)c([Si](C)(C)C)c[n+]12. The van der Waals surface area contributed by atoms with Crippen molar-refractivity contribution in [3.05, 3.63) is 187 Å². The van der Waals surface area contributed by atoms with Gasteiger partial charge in [0.2, 0.25) is 5.69 Å². The lowest BCUT2D eigenvalue weighted by molar-refractivity contribution is -0.719. The van der Waals surface area contributed by atoms with Crippen LogP contribution in [0.2, 0.25) is 19.6 Å². The fourth-order valence-corrected chi connectivity index (χ4v) is 11.9. The van der Waals surface area contributed by atoms with Crippen molar-refractivity contribution in [2.24, 2.45) is 0 Å². The van der Waals surface area contributed by atoms with Gasteiger partial charge in [-0.3, -0.25) is 0 Å². The molecular weight excluding hydrogens is 723 g/mol. The summed E-state index contributed by atoms with van der Waals surface area (Å²) in [6.45, 7) is 12.6. The average molecular weight is 770 g/mol. The van der Waals surface area contributed by atoms with E-state index in [9.17, 15) is 0 Å². The minimum absolute atomic E-state index is 0.175. The second kappa shape index (κ2) is 13.4. The highest BCUT2D eigenvalue weighted by atomic mass is 28.3. The maximum Gasteiger partial charge on any atom is 0.304 e. The van der Waals surface area contributed by atoms with Gasteiger partial charge >= 0.3 is 5.82 Å². The van der Waals surface area contributed by atoms with Crippen LogP contribution in [-0.4, -0.2) is 12.6 Å². The molecule has 3 aromatic heterocycles. The zero-order valence-electron chi connectivity index (χ0n) is 33.5. The first-order valence-electron chi connectivity index (χ1n) is 20.8. The smallest absolute Gasteiger partial charge is 0.304 e. The van der Waals surface area contributed by atoms with E-state index in [4.69, 9.17) is 11.0 Å². The predicted molar refractivity (Wildman–Crippen MR) is 241 cm³/mol. The van der Waals surface area contributed by atoms with Crippen LogP contribution in [0.5, 0.6) is 0 Å². The Morgan fingerprint density at radius 2 is 1.48 bits per heavy atom. The van der Waals surface area contributed by atoms with Crippen LogP contribution in [-0.2, 0) is 12.8 Å². The van der Waals surface area contributed by atoms with Crippen molar-refractivity contribution < 1.29 is 13.6 Å². The minimum atomic E-state index is -1.77. The number of rotatable bonds is 4. The first-order valence-corrected chi connectivity index (χ1v) is 24.3. The summed E-state index contributed by atoms with van der Waals surface area (Å²) in [7, 11) is -1.77. The van der Waals surface area contributed by atoms with E-state index in [1.807, 2.05) is 0 Å². The Morgan fingerprint density at radius 3 is 2.31 bits per heavy atom. The third-order valence-electron chi connectivity index (χ3n) is 12.9. The lowest BCUT2D eigenvalue weighted by Gasteiger charge is -2.33. The molecule has 0 bridgehead atoms. The fraction of sp³-hybridized carbons (Fsp3) is 0.170. The van der Waals surface area contributed by atoms with E-state index >= 15 is 0 Å². The quantitative estimate of drug-likeness (QED) is 0.129. The number of aromatic nitrogens is 3. The second-order valence-electron chi connectivity index (χ2n) is 17.4. The summed E-state index contributed by atoms with van der Waals surface area (Å²) in [6, 6.07) is 55.7. The molecule has 4 nitrogen and oxygen atoms in total. The molecule has 11 rings (SSSR count). The van der Waals surface area contributed by atoms with Crippen molar-refractivity contribution in [1.82, 2.24) is 4.57 Å². The van der Waals surface area contributed by atoms with Crippen molar-refractivity contribution >= 4 is 51.9 Å². The standard InChI is InChI=1S/C53H47N3OSi/c1-35-31-47-42(40-21-11-12-22-41(40)48-33-38(32-36-17-7-5-8-18-36)50(34-54(47)48)58(2,3)4)29-27-37-28-30-44-43-23-13-16-26-49(43)57-52(44)51(37)53-55(35)45-24-14-15-25-46(45)56(53)39-19-9-6-10-20-39/h5-26,28,30,33-34,42,47H,1,27,29,31-32H2,2-4H3/q+2. The number of hydrogen-bond acceptors (Lipinski definition) is 1. The van der Waals surface area contributed by atoms with Crippen LogP contribution in [0.3, 0.4) is 0 Å². The van der Waals surface area contributed by atoms with Crippen LogP contribution in [0.4, 0.5) is 0 Å². The van der Waals surface area contributed by atoms with Crippen molar-refractivity contribution in [1.29, 1.82) is 0 Å². The van der Waals surface area contributed by atoms with Gasteiger partial charge in [-0.2, -0.15) is 13.7 Å². The summed E-state index contributed by atoms with van der Waals surface area (Å²) in [4.78, 5) is 0. The molecule has 0 amide bonds. The minimum Gasteiger partial charge on any atom is -0.455 e. The topological polar surface area (TPSA) is 25.8 Å². The highest BCUT2D eigenvalue weighted by Gasteiger charge is 2.45. The summed E-state index contributed by atoms with van der Waals surface area (Å²) in [5, 5.41) is 3.82. The fourth-order valence-electron chi connectivity index (χ4n) is 10.3. The van der Waals surface area contributed by atoms with Crippen molar-refractivity contribution in [3.63, 3.8) is 0 Å². The van der Waals surface area contributed by atoms with Gasteiger partial charge in [0.25, 0.3) is 0 Å². The molecule has 0 saturated heterocycles. The van der Waals surface area contributed by atoms with E-state index in [-0.39, 0.29) is 12.0 Å². The molecule has 0 radical (unpaired) electrons. The average Bonchev–Trinajstić information content (AvgIpc) is 3.79. The number of hydrogen-bond donors (Lipinski definition) is 0. The van der Waals surface area contributed by atoms with Crippen molar-refractivity contribution in [2.45, 2.75) is 57.3 Å². The Bertz CT molecular complexity index is 3080. The van der Waals surface area contributed by atoms with Crippen LogP contribution in [0.1, 0.15) is 47.1 Å². The normalized spacial score (nSPS) is 16.4. The van der Waals surface area contributed by atoms with Crippen molar-refractivity contribution in [3.8, 4) is 28.3 Å². The number of para-hydroxylation sites is 4. The van der Waals surface area contributed by atoms with Gasteiger partial charge in [-0.1, -0.05) is 135 Å². The summed E-state index contributed by atoms with van der Waals surface area (Å²) >= 11 is 0. The maximum absolute atomic E-state index is 6.95. The predicted octanol–water partition coefficient (Wildman–Crippen LogP) is 11.7. The van der Waals surface area contributed by atoms with E-state index in [0.29, 0.717) is 0 Å². The van der Waals surface area contributed by atoms with Crippen LogP contribution in [0.25, 0.3) is 67.0 Å². The van der Waals surface area contributed by atoms with Gasteiger partial charge in [-0.05, 0) is 77.9 Å². The highest BCUT2D eigenvalue weighted by molar-refractivity contribution is 6.89. The third-order valence-corrected chi connectivity index (χ3v) is 14.9. The molecule has 2 unspecified atom stereocenters. The number of furan rings is 1. The zero-order valence-corrected chi connectivity index (χ0v) is 34.5. The molecular formula is C53H47N3OSi+2. The molecule has 0 spiro atoms. The van der Waals surface area contributed by atoms with Gasteiger partial charge < -0.3 is 4.42 Å². The molecule has 5 heterocycles. The number of nitrogens with zero attached hydrogens (tertiary/aromatic N) is 3. The molecule has 2 aliphatic rings. The van der Waals surface area contributed by atoms with E-state index in [1.165, 1.54) is 38.7 Å². The van der Waals surface area contributed by atoms with E-state index in [1.54, 1.807) is 0 Å². The lowest BCUT2D eigenvalue weighted by Crippen LogP contribution is -2.54.